The number of methoxy groups -OCH3 is 2. The van der Waals surface area contributed by atoms with Gasteiger partial charge in [-0.3, -0.25) is 9.69 Å². The highest BCUT2D eigenvalue weighted by Gasteiger charge is 2.53. The molecule has 7 heteroatoms. The zero-order chi connectivity index (χ0) is 22.0. The Morgan fingerprint density at radius 3 is 1.74 bits per heavy atom. The monoisotopic (exact) mass is 436 g/mol. The lowest BCUT2D eigenvalue weighted by atomic mass is 9.82. The molecule has 31 heavy (non-hydrogen) atoms. The van der Waals surface area contributed by atoms with Gasteiger partial charge in [-0.05, 0) is 53.1 Å². The minimum Gasteiger partial charge on any atom is -0.497 e. The predicted octanol–water partition coefficient (Wildman–Crippen LogP) is 4.35. The largest absolute Gasteiger partial charge is 0.497 e. The number of nitrogens with one attached hydrogen (secondary N) is 1. The number of halogens is 1. The zero-order valence-electron chi connectivity index (χ0n) is 17.1. The van der Waals surface area contributed by atoms with E-state index in [1.165, 1.54) is 4.90 Å². The van der Waals surface area contributed by atoms with Crippen LogP contribution in [0.1, 0.15) is 16.7 Å². The number of carbonyl (C=O) groups is 2. The molecular weight excluding hydrogens is 416 g/mol. The molecule has 0 aromatic heterocycles. The predicted molar refractivity (Wildman–Crippen MR) is 117 cm³/mol. The molecule has 6 nitrogen and oxygen atoms in total. The smallest absolute Gasteiger partial charge is 0.325 e. The van der Waals surface area contributed by atoms with Crippen LogP contribution < -0.4 is 14.8 Å². The van der Waals surface area contributed by atoms with Gasteiger partial charge in [0.25, 0.3) is 5.91 Å². The van der Waals surface area contributed by atoms with Gasteiger partial charge in [-0.25, -0.2) is 4.79 Å². The Balaban J connectivity index is 1.78. The third-order valence-electron chi connectivity index (χ3n) is 5.41. The van der Waals surface area contributed by atoms with Crippen LogP contribution in [0.25, 0.3) is 0 Å². The number of hydrogen-bond acceptors (Lipinski definition) is 4. The Bertz CT molecular complexity index is 1050. The normalized spacial score (nSPS) is 15.0. The molecule has 1 fully saturated rings. The molecule has 1 aliphatic rings. The van der Waals surface area contributed by atoms with Crippen molar-refractivity contribution in [3.05, 3.63) is 94.5 Å². The SMILES string of the molecule is COc1ccc(C2(c3ccc(OC)cc3)NC(=O)N(Cc3ccc(Cl)cc3)C2=O)cc1. The van der Waals surface area contributed by atoms with Gasteiger partial charge in [-0.15, -0.1) is 0 Å². The van der Waals surface area contributed by atoms with E-state index >= 15 is 0 Å². The first-order chi connectivity index (χ1) is 15.0. The standard InChI is InChI=1S/C24H21ClN2O4/c1-30-20-11-5-17(6-12-20)24(18-7-13-21(31-2)14-8-18)22(28)27(23(29)26-24)15-16-3-9-19(25)10-4-16/h3-14H,15H2,1-2H3,(H,26,29). The summed E-state index contributed by atoms with van der Waals surface area (Å²) in [7, 11) is 3.15. The summed E-state index contributed by atoms with van der Waals surface area (Å²) < 4.78 is 10.5. The van der Waals surface area contributed by atoms with E-state index < -0.39 is 11.6 Å². The maximum absolute atomic E-state index is 13.8. The van der Waals surface area contributed by atoms with E-state index in [1.54, 1.807) is 87.0 Å². The Morgan fingerprint density at radius 2 is 1.29 bits per heavy atom. The second-order valence-electron chi connectivity index (χ2n) is 7.15. The molecule has 1 aliphatic heterocycles. The van der Waals surface area contributed by atoms with Crippen molar-refractivity contribution >= 4 is 23.5 Å². The van der Waals surface area contributed by atoms with Crippen LogP contribution in [0.2, 0.25) is 5.02 Å². The van der Waals surface area contributed by atoms with Gasteiger partial charge in [0, 0.05) is 5.02 Å². The second-order valence-corrected chi connectivity index (χ2v) is 7.59. The van der Waals surface area contributed by atoms with Gasteiger partial charge in [-0.2, -0.15) is 0 Å². The van der Waals surface area contributed by atoms with Crippen LogP contribution in [0.15, 0.2) is 72.8 Å². The summed E-state index contributed by atoms with van der Waals surface area (Å²) in [5, 5.41) is 3.53. The van der Waals surface area contributed by atoms with Gasteiger partial charge in [-0.1, -0.05) is 48.0 Å². The van der Waals surface area contributed by atoms with E-state index in [2.05, 4.69) is 5.32 Å². The maximum Gasteiger partial charge on any atom is 0.325 e. The van der Waals surface area contributed by atoms with E-state index in [0.717, 1.165) is 5.56 Å². The lowest BCUT2D eigenvalue weighted by Gasteiger charge is -2.28. The summed E-state index contributed by atoms with van der Waals surface area (Å²) >= 11 is 5.96. The maximum atomic E-state index is 13.8. The van der Waals surface area contributed by atoms with Crippen LogP contribution in [0.4, 0.5) is 4.79 Å². The molecular formula is C24H21ClN2O4. The molecule has 3 aromatic carbocycles. The number of nitrogens with zero attached hydrogens (tertiary/aromatic N) is 1. The first-order valence-corrected chi connectivity index (χ1v) is 10.0. The van der Waals surface area contributed by atoms with Crippen molar-refractivity contribution in [3.8, 4) is 11.5 Å². The number of carbonyl (C=O) groups excluding carboxylic acids is 2. The number of imide groups is 1. The highest BCUT2D eigenvalue weighted by molar-refractivity contribution is 6.30. The molecule has 0 atom stereocenters. The van der Waals surface area contributed by atoms with Crippen LogP contribution in [0.3, 0.4) is 0 Å². The Hall–Kier alpha value is -3.51. The quantitative estimate of drug-likeness (QED) is 0.583. The number of urea groups is 1. The summed E-state index contributed by atoms with van der Waals surface area (Å²) in [6, 6.07) is 20.8. The lowest BCUT2D eigenvalue weighted by molar-refractivity contribution is -0.130. The summed E-state index contributed by atoms with van der Waals surface area (Å²) in [6.45, 7) is 0.135. The van der Waals surface area contributed by atoms with Crippen LogP contribution in [-0.4, -0.2) is 31.1 Å². The van der Waals surface area contributed by atoms with Crippen molar-refractivity contribution in [1.29, 1.82) is 0 Å². The van der Waals surface area contributed by atoms with Gasteiger partial charge in [0.1, 0.15) is 11.5 Å². The van der Waals surface area contributed by atoms with Crippen molar-refractivity contribution in [2.45, 2.75) is 12.1 Å². The zero-order valence-corrected chi connectivity index (χ0v) is 17.8. The third kappa shape index (κ3) is 3.70. The Labute approximate surface area is 185 Å². The van der Waals surface area contributed by atoms with Crippen molar-refractivity contribution in [1.82, 2.24) is 10.2 Å². The summed E-state index contributed by atoms with van der Waals surface area (Å²) in [5.41, 5.74) is 0.709. The topological polar surface area (TPSA) is 67.9 Å². The van der Waals surface area contributed by atoms with Gasteiger partial charge < -0.3 is 14.8 Å². The summed E-state index contributed by atoms with van der Waals surface area (Å²) in [4.78, 5) is 28.0. The Kier molecular flexibility index (Phi) is 5.57. The average Bonchev–Trinajstić information content (AvgIpc) is 3.06. The van der Waals surface area contributed by atoms with Crippen LogP contribution in [0.5, 0.6) is 11.5 Å². The van der Waals surface area contributed by atoms with Gasteiger partial charge in [0.2, 0.25) is 0 Å². The van der Waals surface area contributed by atoms with E-state index in [1.807, 2.05) is 0 Å². The molecule has 0 spiro atoms. The highest BCUT2D eigenvalue weighted by Crippen LogP contribution is 2.38. The number of rotatable bonds is 6. The van der Waals surface area contributed by atoms with E-state index in [0.29, 0.717) is 27.6 Å². The second kappa shape index (κ2) is 8.32. The van der Waals surface area contributed by atoms with Crippen molar-refractivity contribution in [3.63, 3.8) is 0 Å². The van der Waals surface area contributed by atoms with Crippen LogP contribution >= 0.6 is 11.6 Å². The molecule has 1 saturated heterocycles. The molecule has 4 rings (SSSR count). The minimum atomic E-state index is -1.36. The molecule has 3 aromatic rings. The molecule has 0 aliphatic carbocycles. The summed E-state index contributed by atoms with van der Waals surface area (Å²) in [6.07, 6.45) is 0. The molecule has 1 heterocycles. The number of ether oxygens (including phenoxy) is 2. The molecule has 0 saturated carbocycles. The fraction of sp³-hybridized carbons (Fsp3) is 0.167. The van der Waals surface area contributed by atoms with E-state index in [4.69, 9.17) is 21.1 Å². The summed E-state index contributed by atoms with van der Waals surface area (Å²) in [5.74, 6) is 0.953. The molecule has 0 bridgehead atoms. The van der Waals surface area contributed by atoms with E-state index in [9.17, 15) is 9.59 Å². The third-order valence-corrected chi connectivity index (χ3v) is 5.66. The fourth-order valence-electron chi connectivity index (χ4n) is 3.73. The van der Waals surface area contributed by atoms with Crippen molar-refractivity contribution in [2.75, 3.05) is 14.2 Å². The number of benzene rings is 3. The van der Waals surface area contributed by atoms with Gasteiger partial charge in [0.05, 0.1) is 20.8 Å². The van der Waals surface area contributed by atoms with Gasteiger partial charge >= 0.3 is 6.03 Å². The Morgan fingerprint density at radius 1 is 0.806 bits per heavy atom. The first kappa shape index (κ1) is 20.8. The lowest BCUT2D eigenvalue weighted by Crippen LogP contribution is -2.45. The first-order valence-electron chi connectivity index (χ1n) is 9.65. The molecule has 158 valence electrons. The van der Waals surface area contributed by atoms with Gasteiger partial charge in [0.15, 0.2) is 5.54 Å². The molecule has 3 amide bonds. The molecule has 1 N–H and O–H groups in total. The molecule has 0 radical (unpaired) electrons. The number of hydrogen-bond donors (Lipinski definition) is 1. The minimum absolute atomic E-state index is 0.135. The average molecular weight is 437 g/mol. The van der Waals surface area contributed by atoms with Crippen molar-refractivity contribution in [2.24, 2.45) is 0 Å². The highest BCUT2D eigenvalue weighted by atomic mass is 35.5. The van der Waals surface area contributed by atoms with Crippen molar-refractivity contribution < 1.29 is 19.1 Å². The fourth-order valence-corrected chi connectivity index (χ4v) is 3.86. The molecule has 0 unspecified atom stereocenters. The van der Waals surface area contributed by atoms with Crippen LogP contribution in [0, 0.1) is 0 Å². The van der Waals surface area contributed by atoms with Crippen LogP contribution in [-0.2, 0) is 16.9 Å². The number of amides is 3. The van der Waals surface area contributed by atoms with E-state index in [-0.39, 0.29) is 12.5 Å².